The van der Waals surface area contributed by atoms with Crippen LogP contribution in [0.4, 0.5) is 0 Å². The molecule has 0 aliphatic heterocycles. The van der Waals surface area contributed by atoms with Crippen molar-refractivity contribution in [1.82, 2.24) is 0 Å². The number of ketones is 2. The molecule has 0 spiro atoms. The van der Waals surface area contributed by atoms with Crippen molar-refractivity contribution < 1.29 is 54.6 Å². The summed E-state index contributed by atoms with van der Waals surface area (Å²) >= 11 is 0. The van der Waals surface area contributed by atoms with Crippen LogP contribution in [0.2, 0.25) is 0 Å². The van der Waals surface area contributed by atoms with Crippen molar-refractivity contribution in [3.05, 3.63) is 106 Å². The first-order chi connectivity index (χ1) is 19.6. The van der Waals surface area contributed by atoms with Gasteiger partial charge in [-0.25, -0.2) is 14.4 Å². The molecule has 4 rings (SSSR count). The summed E-state index contributed by atoms with van der Waals surface area (Å²) in [7, 11) is 0. The van der Waals surface area contributed by atoms with Gasteiger partial charge < -0.3 is 30.6 Å². The second-order valence-corrected chi connectivity index (χ2v) is 10.5. The van der Waals surface area contributed by atoms with Gasteiger partial charge in [0.1, 0.15) is 28.4 Å². The van der Waals surface area contributed by atoms with E-state index in [0.717, 1.165) is 38.1 Å². The Morgan fingerprint density at radius 3 is 1.14 bits per heavy atom. The molecular weight excluding hydrogens is 548 g/mol. The number of carboxylic acids is 3. The maximum Gasteiger partial charge on any atom is 0.336 e. The van der Waals surface area contributed by atoms with Crippen LogP contribution in [0.1, 0.15) is 68.0 Å². The van der Waals surface area contributed by atoms with Crippen molar-refractivity contribution in [3.63, 3.8) is 0 Å². The first-order valence-electron chi connectivity index (χ1n) is 12.8. The zero-order chi connectivity index (χ0) is 31.2. The lowest BCUT2D eigenvalue weighted by Crippen LogP contribution is -2.68. The number of benzene rings is 3. The summed E-state index contributed by atoms with van der Waals surface area (Å²) < 4.78 is 0. The summed E-state index contributed by atoms with van der Waals surface area (Å²) in [5.41, 5.74) is -11.5. The molecule has 1 saturated carbocycles. The van der Waals surface area contributed by atoms with E-state index in [1.807, 2.05) is 0 Å². The molecule has 11 nitrogen and oxygen atoms in total. The fraction of sp³-hybridized carbons (Fsp3) is 0.258. The van der Waals surface area contributed by atoms with Crippen LogP contribution in [0, 0.1) is 11.8 Å². The molecule has 6 N–H and O–H groups in total. The Bertz CT molecular complexity index is 1540. The van der Waals surface area contributed by atoms with E-state index in [9.17, 15) is 54.6 Å². The Labute approximate surface area is 239 Å². The topological polar surface area (TPSA) is 207 Å². The summed E-state index contributed by atoms with van der Waals surface area (Å²) in [5, 5.41) is 67.8. The van der Waals surface area contributed by atoms with E-state index in [2.05, 4.69) is 0 Å². The molecule has 3 aromatic rings. The lowest BCUT2D eigenvalue weighted by Gasteiger charge is -2.59. The normalized spacial score (nSPS) is 27.2. The predicted molar refractivity (Wildman–Crippen MR) is 145 cm³/mol. The lowest BCUT2D eigenvalue weighted by molar-refractivity contribution is -0.257. The van der Waals surface area contributed by atoms with Gasteiger partial charge in [-0.15, -0.1) is 0 Å². The van der Waals surface area contributed by atoms with Crippen molar-refractivity contribution in [2.45, 2.75) is 37.1 Å². The van der Waals surface area contributed by atoms with Gasteiger partial charge in [0.05, 0.1) is 28.5 Å². The molecule has 1 aliphatic rings. The highest BCUT2D eigenvalue weighted by molar-refractivity contribution is 5.95. The van der Waals surface area contributed by atoms with Gasteiger partial charge in [-0.1, -0.05) is 54.6 Å². The van der Waals surface area contributed by atoms with Crippen LogP contribution in [-0.4, -0.2) is 60.1 Å². The Hall–Kier alpha value is -4.71. The smallest absolute Gasteiger partial charge is 0.336 e. The van der Waals surface area contributed by atoms with E-state index in [1.54, 1.807) is 0 Å². The third-order valence-electron chi connectivity index (χ3n) is 8.02. The van der Waals surface area contributed by atoms with E-state index in [-0.39, 0.29) is 0 Å². The maximum atomic E-state index is 13.5. The molecule has 1 aliphatic carbocycles. The molecule has 1 fully saturated rings. The molecule has 11 heteroatoms. The van der Waals surface area contributed by atoms with E-state index in [1.165, 1.54) is 48.5 Å². The van der Waals surface area contributed by atoms with Gasteiger partial charge in [-0.2, -0.15) is 0 Å². The summed E-state index contributed by atoms with van der Waals surface area (Å²) in [5.74, 6) is -10.8. The molecule has 0 heterocycles. The van der Waals surface area contributed by atoms with Crippen molar-refractivity contribution in [1.29, 1.82) is 0 Å². The van der Waals surface area contributed by atoms with E-state index in [0.29, 0.717) is 0 Å². The van der Waals surface area contributed by atoms with Crippen LogP contribution >= 0.6 is 0 Å². The molecule has 0 saturated heterocycles. The Kier molecular flexibility index (Phi) is 7.64. The molecule has 3 aromatic carbocycles. The maximum absolute atomic E-state index is 13.5. The van der Waals surface area contributed by atoms with Gasteiger partial charge in [-0.3, -0.25) is 9.59 Å². The van der Waals surface area contributed by atoms with Gasteiger partial charge in [0, 0.05) is 6.42 Å². The number of carbonyl (C=O) groups excluding carboxylic acids is 2. The average Bonchev–Trinajstić information content (AvgIpc) is 2.92. The highest BCUT2D eigenvalue weighted by atomic mass is 16.4. The van der Waals surface area contributed by atoms with Gasteiger partial charge in [0.25, 0.3) is 0 Å². The van der Waals surface area contributed by atoms with Crippen molar-refractivity contribution in [2.75, 3.05) is 0 Å². The molecule has 4 unspecified atom stereocenters. The molecule has 218 valence electrons. The number of hydrogen-bond acceptors (Lipinski definition) is 8. The van der Waals surface area contributed by atoms with Crippen LogP contribution in [0.5, 0.6) is 0 Å². The lowest BCUT2D eigenvalue weighted by atomic mass is 9.48. The van der Waals surface area contributed by atoms with E-state index in [4.69, 9.17) is 0 Å². The Morgan fingerprint density at radius 2 is 0.833 bits per heavy atom. The minimum Gasteiger partial charge on any atom is -0.478 e. The fourth-order valence-electron chi connectivity index (χ4n) is 6.73. The van der Waals surface area contributed by atoms with Crippen molar-refractivity contribution in [2.24, 2.45) is 11.8 Å². The molecular formula is C31H28O11. The minimum atomic E-state index is -3.01. The highest BCUT2D eigenvalue weighted by Crippen LogP contribution is 2.62. The van der Waals surface area contributed by atoms with Gasteiger partial charge in [0.2, 0.25) is 0 Å². The van der Waals surface area contributed by atoms with Crippen LogP contribution < -0.4 is 0 Å². The fourth-order valence-corrected chi connectivity index (χ4v) is 6.73. The first kappa shape index (κ1) is 30.3. The molecule has 0 amide bonds. The third kappa shape index (κ3) is 4.48. The third-order valence-corrected chi connectivity index (χ3v) is 8.02. The predicted octanol–water partition coefficient (Wildman–Crippen LogP) is 2.56. The zero-order valence-electron chi connectivity index (χ0n) is 22.5. The number of aliphatic hydroxyl groups is 3. The highest BCUT2D eigenvalue weighted by Gasteiger charge is 2.71. The summed E-state index contributed by atoms with van der Waals surface area (Å²) in [6.07, 6.45) is -1.01. The van der Waals surface area contributed by atoms with Gasteiger partial charge in [0.15, 0.2) is 0 Å². The molecule has 0 bridgehead atoms. The quantitative estimate of drug-likeness (QED) is 0.230. The van der Waals surface area contributed by atoms with E-state index >= 15 is 0 Å². The minimum absolute atomic E-state index is 0.419. The second-order valence-electron chi connectivity index (χ2n) is 10.5. The van der Waals surface area contributed by atoms with Crippen LogP contribution in [-0.2, 0) is 26.4 Å². The number of hydrogen-bond donors (Lipinski definition) is 6. The number of carbonyl (C=O) groups is 5. The largest absolute Gasteiger partial charge is 0.478 e. The SMILES string of the molecule is CC(=O)C1C(O)(c2ccccc2C(=O)O)CC(O)(c2ccccc2C(=O)O)C(C(C)=O)C1(O)c1ccccc1C(=O)O. The van der Waals surface area contributed by atoms with Crippen LogP contribution in [0.25, 0.3) is 0 Å². The molecule has 42 heavy (non-hydrogen) atoms. The first-order valence-corrected chi connectivity index (χ1v) is 12.8. The van der Waals surface area contributed by atoms with Crippen LogP contribution in [0.3, 0.4) is 0 Å². The number of aromatic carboxylic acids is 3. The zero-order valence-corrected chi connectivity index (χ0v) is 22.5. The molecule has 0 radical (unpaired) electrons. The monoisotopic (exact) mass is 576 g/mol. The molecule has 0 aromatic heterocycles. The number of carboxylic acid groups (broad SMARTS) is 3. The summed E-state index contributed by atoms with van der Waals surface area (Å²) in [6.45, 7) is 1.94. The Morgan fingerprint density at radius 1 is 0.548 bits per heavy atom. The van der Waals surface area contributed by atoms with E-state index < -0.39 is 97.9 Å². The summed E-state index contributed by atoms with van der Waals surface area (Å²) in [6, 6.07) is 14.8. The summed E-state index contributed by atoms with van der Waals surface area (Å²) in [4.78, 5) is 64.0. The standard InChI is InChI=1S/C31H28O11/c1-16(32)24-29(40,21-12-6-3-9-18(21)26(34)35)15-30(41,22-13-7-4-10-19(22)27(36)37)25(17(2)33)31(24,42)23-14-8-5-11-20(23)28(38)39/h3-14,24-25,40-42H,15H2,1-2H3,(H,34,35)(H,36,37)(H,38,39). The number of rotatable bonds is 8. The van der Waals surface area contributed by atoms with Gasteiger partial charge >= 0.3 is 17.9 Å². The molecule has 4 atom stereocenters. The van der Waals surface area contributed by atoms with Gasteiger partial charge in [-0.05, 0) is 48.7 Å². The average molecular weight is 577 g/mol. The van der Waals surface area contributed by atoms with Crippen molar-refractivity contribution in [3.8, 4) is 0 Å². The number of Topliss-reactive ketones (excluding diaryl/α,β-unsaturated/α-hetero) is 2. The Balaban J connectivity index is 2.27. The van der Waals surface area contributed by atoms with Crippen molar-refractivity contribution >= 4 is 29.5 Å². The van der Waals surface area contributed by atoms with Crippen LogP contribution in [0.15, 0.2) is 72.8 Å². The second kappa shape index (κ2) is 10.6.